The quantitative estimate of drug-likeness (QED) is 0.760. The molecule has 1 rings (SSSR count). The first-order valence-electron chi connectivity index (χ1n) is 6.51. The Morgan fingerprint density at radius 3 is 2.79 bits per heavy atom. The van der Waals surface area contributed by atoms with Crippen molar-refractivity contribution in [2.45, 2.75) is 38.6 Å². The van der Waals surface area contributed by atoms with Gasteiger partial charge in [-0.05, 0) is 37.0 Å². The molecular weight excluding hydrogens is 283 g/mol. The van der Waals surface area contributed by atoms with E-state index in [9.17, 15) is 4.79 Å². The minimum absolute atomic E-state index is 0.0796. The first kappa shape index (κ1) is 16.3. The van der Waals surface area contributed by atoms with Gasteiger partial charge in [0.05, 0.1) is 6.04 Å². The molecule has 1 amide bonds. The highest BCUT2D eigenvalue weighted by molar-refractivity contribution is 6.35. The predicted octanol–water partition coefficient (Wildman–Crippen LogP) is 3.17. The third-order valence-electron chi connectivity index (χ3n) is 2.87. The lowest BCUT2D eigenvalue weighted by molar-refractivity contribution is -0.122. The van der Waals surface area contributed by atoms with Crippen LogP contribution in [0.1, 0.15) is 31.7 Å². The number of carbonyl (C=O) groups excluding carboxylic acids is 1. The van der Waals surface area contributed by atoms with Crippen LogP contribution in [-0.4, -0.2) is 18.5 Å². The molecule has 0 heterocycles. The SMILES string of the molecule is CCCC(N)C(=O)NCCCc1ccc(Cl)cc1Cl. The van der Waals surface area contributed by atoms with Crippen molar-refractivity contribution in [2.75, 3.05) is 6.54 Å². The smallest absolute Gasteiger partial charge is 0.236 e. The lowest BCUT2D eigenvalue weighted by Crippen LogP contribution is -2.40. The maximum Gasteiger partial charge on any atom is 0.236 e. The number of halogens is 2. The molecule has 0 saturated heterocycles. The third-order valence-corrected chi connectivity index (χ3v) is 3.46. The first-order chi connectivity index (χ1) is 9.04. The zero-order valence-corrected chi connectivity index (χ0v) is 12.6. The number of nitrogens with two attached hydrogens (primary N) is 1. The fourth-order valence-corrected chi connectivity index (χ4v) is 2.29. The van der Waals surface area contributed by atoms with Crippen molar-refractivity contribution < 1.29 is 4.79 Å². The van der Waals surface area contributed by atoms with Crippen LogP contribution in [0, 0.1) is 0 Å². The number of amides is 1. The summed E-state index contributed by atoms with van der Waals surface area (Å²) in [5.41, 5.74) is 6.75. The van der Waals surface area contributed by atoms with Gasteiger partial charge in [0, 0.05) is 16.6 Å². The molecule has 0 aromatic heterocycles. The molecule has 3 nitrogen and oxygen atoms in total. The number of hydrogen-bond donors (Lipinski definition) is 2. The van der Waals surface area contributed by atoms with Crippen molar-refractivity contribution in [2.24, 2.45) is 5.73 Å². The zero-order chi connectivity index (χ0) is 14.3. The van der Waals surface area contributed by atoms with Crippen LogP contribution in [0.3, 0.4) is 0 Å². The van der Waals surface area contributed by atoms with E-state index in [2.05, 4.69) is 5.32 Å². The van der Waals surface area contributed by atoms with E-state index in [-0.39, 0.29) is 5.91 Å². The van der Waals surface area contributed by atoms with Crippen LogP contribution in [0.25, 0.3) is 0 Å². The lowest BCUT2D eigenvalue weighted by Gasteiger charge is -2.11. The number of hydrogen-bond acceptors (Lipinski definition) is 2. The molecule has 0 radical (unpaired) electrons. The Morgan fingerprint density at radius 2 is 2.16 bits per heavy atom. The number of rotatable bonds is 7. The number of aryl methyl sites for hydroxylation is 1. The molecule has 1 unspecified atom stereocenters. The van der Waals surface area contributed by atoms with Gasteiger partial charge in [0.2, 0.25) is 5.91 Å². The average Bonchev–Trinajstić information content (AvgIpc) is 2.36. The molecule has 1 aromatic carbocycles. The Labute approximate surface area is 124 Å². The number of benzene rings is 1. The molecule has 3 N–H and O–H groups in total. The topological polar surface area (TPSA) is 55.1 Å². The summed E-state index contributed by atoms with van der Waals surface area (Å²) in [7, 11) is 0. The summed E-state index contributed by atoms with van der Waals surface area (Å²) in [6.45, 7) is 2.62. The van der Waals surface area contributed by atoms with Crippen molar-refractivity contribution in [1.29, 1.82) is 0 Å². The van der Waals surface area contributed by atoms with Crippen molar-refractivity contribution in [3.8, 4) is 0 Å². The minimum atomic E-state index is -0.399. The molecule has 0 bridgehead atoms. The van der Waals surface area contributed by atoms with E-state index in [0.29, 0.717) is 16.6 Å². The summed E-state index contributed by atoms with van der Waals surface area (Å²) < 4.78 is 0. The van der Waals surface area contributed by atoms with E-state index in [1.165, 1.54) is 0 Å². The van der Waals surface area contributed by atoms with Crippen molar-refractivity contribution in [3.05, 3.63) is 33.8 Å². The summed E-state index contributed by atoms with van der Waals surface area (Å²) in [4.78, 5) is 11.6. The largest absolute Gasteiger partial charge is 0.355 e. The molecule has 0 spiro atoms. The second-order valence-corrected chi connectivity index (χ2v) is 5.37. The zero-order valence-electron chi connectivity index (χ0n) is 11.1. The highest BCUT2D eigenvalue weighted by Crippen LogP contribution is 2.21. The Balaban J connectivity index is 2.29. The second-order valence-electron chi connectivity index (χ2n) is 4.53. The summed E-state index contributed by atoms with van der Waals surface area (Å²) in [6, 6.07) is 5.06. The van der Waals surface area contributed by atoms with Gasteiger partial charge in [-0.1, -0.05) is 42.6 Å². The lowest BCUT2D eigenvalue weighted by atomic mass is 10.1. The van der Waals surface area contributed by atoms with Crippen LogP contribution >= 0.6 is 23.2 Å². The predicted molar refractivity (Wildman–Crippen MR) is 80.7 cm³/mol. The molecule has 0 aliphatic heterocycles. The summed E-state index contributed by atoms with van der Waals surface area (Å²) in [5.74, 6) is -0.0796. The van der Waals surface area contributed by atoms with Crippen molar-refractivity contribution in [3.63, 3.8) is 0 Å². The maximum absolute atomic E-state index is 11.6. The van der Waals surface area contributed by atoms with Crippen molar-refractivity contribution >= 4 is 29.1 Å². The number of nitrogens with one attached hydrogen (secondary N) is 1. The third kappa shape index (κ3) is 5.81. The molecule has 19 heavy (non-hydrogen) atoms. The molecule has 5 heteroatoms. The molecule has 0 saturated carbocycles. The van der Waals surface area contributed by atoms with Crippen LogP contribution in [0.4, 0.5) is 0 Å². The van der Waals surface area contributed by atoms with Crippen LogP contribution < -0.4 is 11.1 Å². The van der Waals surface area contributed by atoms with Gasteiger partial charge in [0.1, 0.15) is 0 Å². The Morgan fingerprint density at radius 1 is 1.42 bits per heavy atom. The highest BCUT2D eigenvalue weighted by Gasteiger charge is 2.11. The Hall–Kier alpha value is -0.770. The number of carbonyl (C=O) groups is 1. The minimum Gasteiger partial charge on any atom is -0.355 e. The first-order valence-corrected chi connectivity index (χ1v) is 7.27. The van der Waals surface area contributed by atoms with Crippen molar-refractivity contribution in [1.82, 2.24) is 5.32 Å². The van der Waals surface area contributed by atoms with Gasteiger partial charge in [-0.15, -0.1) is 0 Å². The monoisotopic (exact) mass is 302 g/mol. The van der Waals surface area contributed by atoms with E-state index >= 15 is 0 Å². The van der Waals surface area contributed by atoms with Gasteiger partial charge >= 0.3 is 0 Å². The standard InChI is InChI=1S/C14H20Cl2N2O/c1-2-4-13(17)14(19)18-8-3-5-10-6-7-11(15)9-12(10)16/h6-7,9,13H,2-5,8,17H2,1H3,(H,18,19). The van der Waals surface area contributed by atoms with Gasteiger partial charge in [-0.25, -0.2) is 0 Å². The molecular formula is C14H20Cl2N2O. The molecule has 0 aliphatic carbocycles. The fourth-order valence-electron chi connectivity index (χ4n) is 1.79. The van der Waals surface area contributed by atoms with Gasteiger partial charge in [0.25, 0.3) is 0 Å². The normalized spacial score (nSPS) is 12.2. The fraction of sp³-hybridized carbons (Fsp3) is 0.500. The molecule has 106 valence electrons. The second kappa shape index (κ2) is 8.41. The highest BCUT2D eigenvalue weighted by atomic mass is 35.5. The maximum atomic E-state index is 11.6. The van der Waals surface area contributed by atoms with Gasteiger partial charge in [0.15, 0.2) is 0 Å². The van der Waals surface area contributed by atoms with E-state index in [1.807, 2.05) is 19.1 Å². The Bertz CT molecular complexity index is 424. The van der Waals surface area contributed by atoms with Crippen LogP contribution in [-0.2, 0) is 11.2 Å². The Kier molecular flexibility index (Phi) is 7.21. The molecule has 1 atom stereocenters. The molecule has 1 aromatic rings. The van der Waals surface area contributed by atoms with Gasteiger partial charge in [-0.2, -0.15) is 0 Å². The van der Waals surface area contributed by atoms with E-state index in [0.717, 1.165) is 31.2 Å². The van der Waals surface area contributed by atoms with Crippen LogP contribution in [0.2, 0.25) is 10.0 Å². The molecule has 0 aliphatic rings. The van der Waals surface area contributed by atoms with Crippen LogP contribution in [0.5, 0.6) is 0 Å². The van der Waals surface area contributed by atoms with E-state index < -0.39 is 6.04 Å². The molecule has 0 fully saturated rings. The summed E-state index contributed by atoms with van der Waals surface area (Å²) in [5, 5.41) is 4.14. The van der Waals surface area contributed by atoms with Crippen LogP contribution in [0.15, 0.2) is 18.2 Å². The summed E-state index contributed by atoms with van der Waals surface area (Å²) in [6.07, 6.45) is 3.26. The average molecular weight is 303 g/mol. The van der Waals surface area contributed by atoms with Gasteiger partial charge in [-0.3, -0.25) is 4.79 Å². The van der Waals surface area contributed by atoms with E-state index in [4.69, 9.17) is 28.9 Å². The van der Waals surface area contributed by atoms with E-state index in [1.54, 1.807) is 6.07 Å². The van der Waals surface area contributed by atoms with Gasteiger partial charge < -0.3 is 11.1 Å². The summed E-state index contributed by atoms with van der Waals surface area (Å²) >= 11 is 11.9.